The van der Waals surface area contributed by atoms with Crippen LogP contribution in [0.4, 0.5) is 0 Å². The summed E-state index contributed by atoms with van der Waals surface area (Å²) in [7, 11) is 2.91. The highest BCUT2D eigenvalue weighted by atomic mass is 16.6. The maximum Gasteiger partial charge on any atom is 0.336 e. The Morgan fingerprint density at radius 3 is 2.17 bits per heavy atom. The third-order valence-corrected chi connectivity index (χ3v) is 3.18. The zero-order valence-electron chi connectivity index (χ0n) is 14.4. The van der Waals surface area contributed by atoms with Crippen LogP contribution in [0.2, 0.25) is 0 Å². The lowest BCUT2D eigenvalue weighted by molar-refractivity contribution is -0.138. The minimum absolute atomic E-state index is 0.157. The van der Waals surface area contributed by atoms with Crippen LogP contribution < -0.4 is 14.2 Å². The number of methoxy groups -OCH3 is 2. The zero-order chi connectivity index (χ0) is 17.8. The number of benzene rings is 1. The molecule has 1 aromatic rings. The number of ether oxygens (including phenoxy) is 4. The van der Waals surface area contributed by atoms with Crippen molar-refractivity contribution in [2.24, 2.45) is 0 Å². The van der Waals surface area contributed by atoms with E-state index >= 15 is 0 Å². The van der Waals surface area contributed by atoms with E-state index in [1.54, 1.807) is 18.2 Å². The van der Waals surface area contributed by atoms with Crippen molar-refractivity contribution in [2.45, 2.75) is 32.6 Å². The summed E-state index contributed by atoms with van der Waals surface area (Å²) in [6.07, 6.45) is 6.12. The molecular formula is C18H24O6. The highest BCUT2D eigenvalue weighted by Gasteiger charge is 2.14. The lowest BCUT2D eigenvalue weighted by Gasteiger charge is -2.11. The van der Waals surface area contributed by atoms with Gasteiger partial charge in [0.25, 0.3) is 0 Å². The first-order chi connectivity index (χ1) is 11.6. The van der Waals surface area contributed by atoms with Crippen molar-refractivity contribution in [3.63, 3.8) is 0 Å². The fourth-order valence-electron chi connectivity index (χ4n) is 1.94. The van der Waals surface area contributed by atoms with Gasteiger partial charge >= 0.3 is 11.9 Å². The maximum absolute atomic E-state index is 11.8. The molecule has 0 unspecified atom stereocenters. The van der Waals surface area contributed by atoms with Crippen molar-refractivity contribution < 1.29 is 28.5 Å². The van der Waals surface area contributed by atoms with Crippen molar-refractivity contribution in [1.82, 2.24) is 0 Å². The topological polar surface area (TPSA) is 71.1 Å². The molecule has 6 nitrogen and oxygen atoms in total. The average Bonchev–Trinajstić information content (AvgIpc) is 2.60. The van der Waals surface area contributed by atoms with Crippen LogP contribution in [0.5, 0.6) is 17.2 Å². The third-order valence-electron chi connectivity index (χ3n) is 3.18. The molecule has 0 radical (unpaired) electrons. The van der Waals surface area contributed by atoms with Gasteiger partial charge in [-0.1, -0.05) is 32.3 Å². The van der Waals surface area contributed by atoms with E-state index in [9.17, 15) is 9.59 Å². The van der Waals surface area contributed by atoms with Crippen molar-refractivity contribution in [1.29, 1.82) is 0 Å². The summed E-state index contributed by atoms with van der Waals surface area (Å²) in [5.41, 5.74) is 0. The van der Waals surface area contributed by atoms with Crippen molar-refractivity contribution >= 4 is 11.9 Å². The Balaban J connectivity index is 2.52. The Bertz CT molecular complexity index is 542. The molecule has 0 bridgehead atoms. The van der Waals surface area contributed by atoms with Gasteiger partial charge in [0.1, 0.15) is 0 Å². The summed E-state index contributed by atoms with van der Waals surface area (Å²) in [6, 6.07) is 4.99. The summed E-state index contributed by atoms with van der Waals surface area (Å²) < 4.78 is 20.4. The van der Waals surface area contributed by atoms with Crippen LogP contribution >= 0.6 is 0 Å². The van der Waals surface area contributed by atoms with Crippen LogP contribution in [0.3, 0.4) is 0 Å². The van der Waals surface area contributed by atoms with Crippen LogP contribution in [0.15, 0.2) is 30.4 Å². The highest BCUT2D eigenvalue weighted by Crippen LogP contribution is 2.36. The third kappa shape index (κ3) is 6.73. The van der Waals surface area contributed by atoms with Gasteiger partial charge in [0, 0.05) is 12.2 Å². The molecule has 0 N–H and O–H groups in total. The first-order valence-corrected chi connectivity index (χ1v) is 7.90. The number of rotatable bonds is 10. The molecule has 0 fully saturated rings. The molecule has 0 aliphatic carbocycles. The molecule has 1 rings (SSSR count). The van der Waals surface area contributed by atoms with Gasteiger partial charge in [-0.15, -0.1) is 0 Å². The summed E-state index contributed by atoms with van der Waals surface area (Å²) in [6.45, 7) is 2.45. The predicted molar refractivity (Wildman–Crippen MR) is 89.4 cm³/mol. The van der Waals surface area contributed by atoms with Crippen molar-refractivity contribution in [2.75, 3.05) is 20.8 Å². The molecule has 0 aromatic heterocycles. The SMILES string of the molecule is CCCCCCOC(=O)/C=C/C(=O)Oc1c(OC)cccc1OC. The normalized spacial score (nSPS) is 10.5. The van der Waals surface area contributed by atoms with E-state index in [1.165, 1.54) is 14.2 Å². The summed E-state index contributed by atoms with van der Waals surface area (Å²) in [4.78, 5) is 23.4. The molecular weight excluding hydrogens is 312 g/mol. The van der Waals surface area contributed by atoms with Gasteiger partial charge in [-0.3, -0.25) is 0 Å². The molecule has 24 heavy (non-hydrogen) atoms. The van der Waals surface area contributed by atoms with Gasteiger partial charge in [-0.05, 0) is 18.6 Å². The first-order valence-electron chi connectivity index (χ1n) is 7.90. The highest BCUT2D eigenvalue weighted by molar-refractivity contribution is 5.93. The summed E-state index contributed by atoms with van der Waals surface area (Å²) in [5.74, 6) is -0.426. The molecule has 0 heterocycles. The number of unbranched alkanes of at least 4 members (excludes halogenated alkanes) is 3. The molecule has 1 aromatic carbocycles. The maximum atomic E-state index is 11.8. The van der Waals surface area contributed by atoms with E-state index in [2.05, 4.69) is 6.92 Å². The van der Waals surface area contributed by atoms with Crippen LogP contribution in [0, 0.1) is 0 Å². The minimum Gasteiger partial charge on any atom is -0.493 e. The molecule has 0 atom stereocenters. The number of hydrogen-bond acceptors (Lipinski definition) is 6. The fourth-order valence-corrected chi connectivity index (χ4v) is 1.94. The Morgan fingerprint density at radius 2 is 1.58 bits per heavy atom. The minimum atomic E-state index is -0.722. The lowest BCUT2D eigenvalue weighted by Crippen LogP contribution is -2.08. The lowest BCUT2D eigenvalue weighted by atomic mass is 10.2. The first kappa shape index (κ1) is 19.5. The average molecular weight is 336 g/mol. The Labute approximate surface area is 142 Å². The van der Waals surface area contributed by atoms with E-state index in [4.69, 9.17) is 18.9 Å². The second-order valence-corrected chi connectivity index (χ2v) is 4.97. The Morgan fingerprint density at radius 1 is 0.958 bits per heavy atom. The summed E-state index contributed by atoms with van der Waals surface area (Å²) in [5, 5.41) is 0. The number of carbonyl (C=O) groups is 2. The van der Waals surface area contributed by atoms with Crippen LogP contribution in [0.1, 0.15) is 32.6 Å². The monoisotopic (exact) mass is 336 g/mol. The number of hydrogen-bond donors (Lipinski definition) is 0. The summed E-state index contributed by atoms with van der Waals surface area (Å²) >= 11 is 0. The van der Waals surface area contributed by atoms with Crippen LogP contribution in [-0.4, -0.2) is 32.8 Å². The molecule has 132 valence electrons. The molecule has 0 aliphatic heterocycles. The Kier molecular flexibility index (Phi) is 9.04. The van der Waals surface area contributed by atoms with Gasteiger partial charge in [0.05, 0.1) is 20.8 Å². The van der Waals surface area contributed by atoms with Crippen LogP contribution in [0.25, 0.3) is 0 Å². The second-order valence-electron chi connectivity index (χ2n) is 4.97. The van der Waals surface area contributed by atoms with Crippen molar-refractivity contribution in [3.05, 3.63) is 30.4 Å². The van der Waals surface area contributed by atoms with Gasteiger partial charge in [0.2, 0.25) is 5.75 Å². The number of esters is 2. The van der Waals surface area contributed by atoms with E-state index in [-0.39, 0.29) is 5.75 Å². The molecule has 0 spiro atoms. The molecule has 0 amide bonds. The fraction of sp³-hybridized carbons (Fsp3) is 0.444. The van der Waals surface area contributed by atoms with E-state index in [0.29, 0.717) is 18.1 Å². The molecule has 0 saturated carbocycles. The smallest absolute Gasteiger partial charge is 0.336 e. The van der Waals surface area contributed by atoms with Crippen molar-refractivity contribution in [3.8, 4) is 17.2 Å². The molecule has 6 heteroatoms. The van der Waals surface area contributed by atoms with Crippen LogP contribution in [-0.2, 0) is 14.3 Å². The van der Waals surface area contributed by atoms with Gasteiger partial charge in [-0.25, -0.2) is 9.59 Å². The second kappa shape index (κ2) is 11.1. The zero-order valence-corrected chi connectivity index (χ0v) is 14.4. The van der Waals surface area contributed by atoms with E-state index < -0.39 is 11.9 Å². The predicted octanol–water partition coefficient (Wildman–Crippen LogP) is 3.29. The molecule has 0 aliphatic rings. The van der Waals surface area contributed by atoms with E-state index in [1.807, 2.05) is 0 Å². The largest absolute Gasteiger partial charge is 0.493 e. The van der Waals surface area contributed by atoms with E-state index in [0.717, 1.165) is 37.8 Å². The molecule has 0 saturated heterocycles. The quantitative estimate of drug-likeness (QED) is 0.283. The Hall–Kier alpha value is -2.50. The standard InChI is InChI=1S/C18H24O6/c1-4-5-6-7-13-23-16(19)11-12-17(20)24-18-14(21-2)9-8-10-15(18)22-3/h8-12H,4-7,13H2,1-3H3/b12-11+. The number of para-hydroxylation sites is 1. The van der Waals surface area contributed by atoms with Gasteiger partial charge in [0.15, 0.2) is 11.5 Å². The number of carbonyl (C=O) groups excluding carboxylic acids is 2. The van der Waals surface area contributed by atoms with Gasteiger partial charge in [-0.2, -0.15) is 0 Å². The van der Waals surface area contributed by atoms with Gasteiger partial charge < -0.3 is 18.9 Å².